The van der Waals surface area contributed by atoms with E-state index in [0.717, 1.165) is 5.92 Å². The second kappa shape index (κ2) is 12.5. The number of benzene rings is 1. The lowest BCUT2D eigenvalue weighted by molar-refractivity contribution is 0.102. The van der Waals surface area contributed by atoms with Crippen LogP contribution in [0, 0.1) is 5.92 Å². The lowest BCUT2D eigenvalue weighted by Crippen LogP contribution is -2.18. The Hall–Kier alpha value is -2.90. The van der Waals surface area contributed by atoms with Crippen LogP contribution in [0.4, 0.5) is 18.9 Å². The van der Waals surface area contributed by atoms with Crippen LogP contribution in [-0.4, -0.2) is 21.1 Å². The molecule has 1 fully saturated rings. The van der Waals surface area contributed by atoms with Crippen LogP contribution in [-0.2, 0) is 5.67 Å². The van der Waals surface area contributed by atoms with Gasteiger partial charge in [0.15, 0.2) is 0 Å². The normalized spacial score (nSPS) is 14.1. The fourth-order valence-electron chi connectivity index (χ4n) is 3.68. The van der Waals surface area contributed by atoms with Crippen LogP contribution in [0.25, 0.3) is 10.9 Å². The van der Waals surface area contributed by atoms with Gasteiger partial charge < -0.3 is 5.32 Å². The molecule has 1 aliphatic rings. The van der Waals surface area contributed by atoms with Crippen LogP contribution in [0.5, 0.6) is 0 Å². The highest BCUT2D eigenvalue weighted by atomic mass is 19.3. The molecule has 1 amide bonds. The van der Waals surface area contributed by atoms with E-state index in [4.69, 9.17) is 0 Å². The molecule has 34 heavy (non-hydrogen) atoms. The smallest absolute Gasteiger partial charge is 0.274 e. The van der Waals surface area contributed by atoms with Gasteiger partial charge >= 0.3 is 0 Å². The van der Waals surface area contributed by atoms with E-state index in [1.165, 1.54) is 82.5 Å². The van der Waals surface area contributed by atoms with Gasteiger partial charge in [0.25, 0.3) is 12.3 Å². The second-order valence-electron chi connectivity index (χ2n) is 8.78. The first-order valence-corrected chi connectivity index (χ1v) is 11.9. The lowest BCUT2D eigenvalue weighted by atomic mass is 9.91. The van der Waals surface area contributed by atoms with Crippen LogP contribution in [0.1, 0.15) is 94.9 Å². The van der Waals surface area contributed by atoms with Crippen LogP contribution in [0.15, 0.2) is 36.5 Å². The number of rotatable bonds is 4. The molecule has 2 aromatic heterocycles. The molecule has 0 spiro atoms. The molecule has 186 valence electrons. The van der Waals surface area contributed by atoms with E-state index >= 15 is 0 Å². The average molecular weight is 477 g/mol. The number of H-pyrrole nitrogens is 1. The summed E-state index contributed by atoms with van der Waals surface area (Å²) in [6.45, 7) is 9.00. The van der Waals surface area contributed by atoms with Gasteiger partial charge in [-0.2, -0.15) is 5.10 Å². The van der Waals surface area contributed by atoms with Gasteiger partial charge in [-0.15, -0.1) is 0 Å². The second-order valence-corrected chi connectivity index (χ2v) is 8.78. The van der Waals surface area contributed by atoms with Crippen molar-refractivity contribution in [3.63, 3.8) is 0 Å². The van der Waals surface area contributed by atoms with Gasteiger partial charge in [0.1, 0.15) is 11.4 Å². The maximum atomic E-state index is 14.0. The minimum Gasteiger partial charge on any atom is -0.320 e. The zero-order valence-electron chi connectivity index (χ0n) is 20.6. The molecular weight excluding hydrogens is 441 g/mol. The predicted molar refractivity (Wildman–Crippen MR) is 131 cm³/mol. The summed E-state index contributed by atoms with van der Waals surface area (Å²) in [6, 6.07) is 6.98. The number of nitrogens with one attached hydrogen (secondary N) is 2. The van der Waals surface area contributed by atoms with Crippen molar-refractivity contribution in [2.24, 2.45) is 5.92 Å². The van der Waals surface area contributed by atoms with Gasteiger partial charge in [0.2, 0.25) is 0 Å². The SMILES string of the molecule is CC.CC(C)(F)c1cccc(C(=O)Nc2cc3cn[nH]c3cc2C(F)F)n1.CC1CCCCC1. The van der Waals surface area contributed by atoms with E-state index in [2.05, 4.69) is 27.4 Å². The number of halogens is 3. The van der Waals surface area contributed by atoms with E-state index in [9.17, 15) is 18.0 Å². The zero-order chi connectivity index (χ0) is 25.3. The largest absolute Gasteiger partial charge is 0.320 e. The molecule has 3 aromatic rings. The highest BCUT2D eigenvalue weighted by Crippen LogP contribution is 2.31. The van der Waals surface area contributed by atoms with Crippen molar-refractivity contribution in [2.45, 2.75) is 78.8 Å². The van der Waals surface area contributed by atoms with Crippen LogP contribution >= 0.6 is 0 Å². The molecule has 2 N–H and O–H groups in total. The summed E-state index contributed by atoms with van der Waals surface area (Å²) in [5.41, 5.74) is -1.64. The fourth-order valence-corrected chi connectivity index (χ4v) is 3.68. The molecule has 4 rings (SSSR count). The Balaban J connectivity index is 0.000000384. The van der Waals surface area contributed by atoms with Crippen molar-refractivity contribution in [2.75, 3.05) is 5.32 Å². The molecule has 1 aliphatic carbocycles. The number of hydrogen-bond acceptors (Lipinski definition) is 3. The van der Waals surface area contributed by atoms with Gasteiger partial charge in [-0.1, -0.05) is 58.9 Å². The molecule has 0 bridgehead atoms. The Morgan fingerprint density at radius 3 is 2.38 bits per heavy atom. The molecule has 1 aromatic carbocycles. The molecule has 2 heterocycles. The van der Waals surface area contributed by atoms with Gasteiger partial charge in [-0.25, -0.2) is 18.2 Å². The highest BCUT2D eigenvalue weighted by molar-refractivity contribution is 6.04. The monoisotopic (exact) mass is 476 g/mol. The van der Waals surface area contributed by atoms with E-state index in [0.29, 0.717) is 10.9 Å². The number of alkyl halides is 3. The number of aromatic nitrogens is 3. The van der Waals surface area contributed by atoms with Gasteiger partial charge in [0.05, 0.1) is 23.1 Å². The summed E-state index contributed by atoms with van der Waals surface area (Å²) < 4.78 is 40.6. The number of hydrogen-bond donors (Lipinski definition) is 2. The highest BCUT2D eigenvalue weighted by Gasteiger charge is 2.23. The topological polar surface area (TPSA) is 70.7 Å². The number of anilines is 1. The molecule has 0 unspecified atom stereocenters. The third kappa shape index (κ3) is 7.57. The first kappa shape index (κ1) is 27.3. The van der Waals surface area contributed by atoms with Gasteiger partial charge in [-0.05, 0) is 44.0 Å². The third-order valence-corrected chi connectivity index (χ3v) is 5.58. The summed E-state index contributed by atoms with van der Waals surface area (Å²) in [6.07, 6.45) is 6.12. The summed E-state index contributed by atoms with van der Waals surface area (Å²) in [5, 5.41) is 9.38. The van der Waals surface area contributed by atoms with Crippen LogP contribution in [0.2, 0.25) is 0 Å². The minimum absolute atomic E-state index is 0.0411. The molecule has 8 heteroatoms. The Morgan fingerprint density at radius 1 is 1.15 bits per heavy atom. The lowest BCUT2D eigenvalue weighted by Gasteiger charge is -2.15. The zero-order valence-corrected chi connectivity index (χ0v) is 20.6. The third-order valence-electron chi connectivity index (χ3n) is 5.58. The maximum absolute atomic E-state index is 14.0. The van der Waals surface area contributed by atoms with E-state index in [1.54, 1.807) is 0 Å². The Bertz CT molecular complexity index is 1050. The van der Waals surface area contributed by atoms with Crippen LogP contribution in [0.3, 0.4) is 0 Å². The molecule has 0 radical (unpaired) electrons. The van der Waals surface area contributed by atoms with E-state index in [1.807, 2.05) is 13.8 Å². The van der Waals surface area contributed by atoms with Crippen LogP contribution < -0.4 is 5.32 Å². The van der Waals surface area contributed by atoms with Crippen molar-refractivity contribution in [3.05, 3.63) is 53.5 Å². The number of pyridine rings is 1. The molecule has 0 atom stereocenters. The molecule has 0 saturated heterocycles. The Morgan fingerprint density at radius 2 is 1.82 bits per heavy atom. The summed E-state index contributed by atoms with van der Waals surface area (Å²) in [4.78, 5) is 16.4. The van der Waals surface area contributed by atoms with Crippen molar-refractivity contribution < 1.29 is 18.0 Å². The van der Waals surface area contributed by atoms with E-state index in [-0.39, 0.29) is 22.6 Å². The standard InChI is InChI=1S/C17H15F3N4O.C7H14.C2H6/c1-17(2,20)14-5-3-4-11(22-14)16(25)23-13-6-9-8-21-24-12(9)7-10(13)15(18)19;1-7-5-3-2-4-6-7;1-2/h3-8,15H,1-2H3,(H,21,24)(H,23,25);7H,2-6H2,1H3;1-2H3. The van der Waals surface area contributed by atoms with Gasteiger partial charge in [-0.3, -0.25) is 9.89 Å². The fraction of sp³-hybridized carbons (Fsp3) is 0.500. The minimum atomic E-state index is -2.79. The van der Waals surface area contributed by atoms with Gasteiger partial charge in [0, 0.05) is 10.9 Å². The Labute approximate surface area is 199 Å². The van der Waals surface area contributed by atoms with Crippen molar-refractivity contribution in [1.82, 2.24) is 15.2 Å². The molecular formula is C26H35F3N4O. The number of amides is 1. The van der Waals surface area contributed by atoms with Crippen molar-refractivity contribution >= 4 is 22.5 Å². The summed E-state index contributed by atoms with van der Waals surface area (Å²) >= 11 is 0. The molecule has 1 saturated carbocycles. The average Bonchev–Trinajstić information content (AvgIpc) is 3.28. The van der Waals surface area contributed by atoms with Crippen molar-refractivity contribution in [1.29, 1.82) is 0 Å². The Kier molecular flexibility index (Phi) is 10.1. The summed E-state index contributed by atoms with van der Waals surface area (Å²) in [5.74, 6) is 0.338. The quantitative estimate of drug-likeness (QED) is 0.401. The predicted octanol–water partition coefficient (Wildman–Crippen LogP) is 7.97. The molecule has 0 aliphatic heterocycles. The number of carbonyl (C=O) groups excluding carboxylic acids is 1. The number of nitrogens with zero attached hydrogens (tertiary/aromatic N) is 2. The number of carbonyl (C=O) groups is 1. The first-order valence-electron chi connectivity index (χ1n) is 11.9. The first-order chi connectivity index (χ1) is 16.1. The number of aromatic amines is 1. The summed E-state index contributed by atoms with van der Waals surface area (Å²) in [7, 11) is 0. The van der Waals surface area contributed by atoms with Crippen molar-refractivity contribution in [3.8, 4) is 0 Å². The molecule has 5 nitrogen and oxygen atoms in total. The van der Waals surface area contributed by atoms with E-state index < -0.39 is 18.0 Å². The number of fused-ring (bicyclic) bond motifs is 1. The maximum Gasteiger partial charge on any atom is 0.274 e.